The topological polar surface area (TPSA) is 77.8 Å². The van der Waals surface area contributed by atoms with Crippen molar-refractivity contribution in [1.82, 2.24) is 0 Å². The quantitative estimate of drug-likeness (QED) is 0.336. The third kappa shape index (κ3) is 13.8. The van der Waals surface area contributed by atoms with Crippen molar-refractivity contribution < 1.29 is 20.1 Å². The fourth-order valence-corrected chi connectivity index (χ4v) is 2.14. The van der Waals surface area contributed by atoms with Crippen LogP contribution in [0.1, 0.15) is 71.1 Å². The first-order valence-corrected chi connectivity index (χ1v) is 8.45. The molecule has 2 atom stereocenters. The number of unbranched alkanes of at least 4 members (excludes halogenated alkanes) is 5. The van der Waals surface area contributed by atoms with Crippen LogP contribution in [0.2, 0.25) is 0 Å². The molecule has 0 spiro atoms. The molecule has 0 aromatic carbocycles. The molecule has 0 fully saturated rings. The van der Waals surface area contributed by atoms with E-state index in [0.717, 1.165) is 44.9 Å². The maximum Gasteiger partial charge on any atom is 0.303 e. The lowest BCUT2D eigenvalue weighted by molar-refractivity contribution is -0.137. The molecule has 0 aromatic rings. The first kappa shape index (κ1) is 20.9. The van der Waals surface area contributed by atoms with Gasteiger partial charge < -0.3 is 15.3 Å². The second-order valence-corrected chi connectivity index (χ2v) is 5.66. The van der Waals surface area contributed by atoms with Gasteiger partial charge in [0.05, 0.1) is 12.2 Å². The number of aliphatic hydroxyl groups is 2. The lowest BCUT2D eigenvalue weighted by Gasteiger charge is -2.14. The molecule has 0 unspecified atom stereocenters. The van der Waals surface area contributed by atoms with Crippen LogP contribution >= 0.6 is 0 Å². The Labute approximate surface area is 134 Å². The molecule has 4 heteroatoms. The maximum atomic E-state index is 10.3. The molecule has 0 radical (unpaired) electrons. The van der Waals surface area contributed by atoms with Gasteiger partial charge in [-0.2, -0.15) is 0 Å². The fraction of sp³-hybridized carbons (Fsp3) is 0.722. The highest BCUT2D eigenvalue weighted by molar-refractivity contribution is 5.66. The first-order valence-electron chi connectivity index (χ1n) is 8.45. The van der Waals surface area contributed by atoms with Crippen molar-refractivity contribution in [2.45, 2.75) is 83.3 Å². The van der Waals surface area contributed by atoms with Crippen LogP contribution in [0.15, 0.2) is 24.3 Å². The van der Waals surface area contributed by atoms with Gasteiger partial charge >= 0.3 is 5.97 Å². The number of hydrogen-bond donors (Lipinski definition) is 3. The van der Waals surface area contributed by atoms with Gasteiger partial charge in [-0.25, -0.2) is 0 Å². The third-order valence-electron chi connectivity index (χ3n) is 3.53. The van der Waals surface area contributed by atoms with E-state index >= 15 is 0 Å². The molecule has 0 saturated heterocycles. The molecule has 0 saturated carbocycles. The molecular formula is C18H32O4. The summed E-state index contributed by atoms with van der Waals surface area (Å²) >= 11 is 0. The van der Waals surface area contributed by atoms with Crippen LogP contribution in [0.4, 0.5) is 0 Å². The van der Waals surface area contributed by atoms with Crippen molar-refractivity contribution in [3.8, 4) is 0 Å². The molecule has 0 heterocycles. The second-order valence-electron chi connectivity index (χ2n) is 5.66. The minimum absolute atomic E-state index is 0.271. The zero-order valence-electron chi connectivity index (χ0n) is 13.8. The Kier molecular flexibility index (Phi) is 14.0. The molecule has 0 aromatic heterocycles. The van der Waals surface area contributed by atoms with E-state index in [-0.39, 0.29) is 6.42 Å². The molecule has 0 aliphatic rings. The molecule has 0 bridgehead atoms. The smallest absolute Gasteiger partial charge is 0.303 e. The highest BCUT2D eigenvalue weighted by atomic mass is 16.4. The summed E-state index contributed by atoms with van der Waals surface area (Å²) in [7, 11) is 0. The van der Waals surface area contributed by atoms with Crippen molar-refractivity contribution in [3.63, 3.8) is 0 Å². The lowest BCUT2D eigenvalue weighted by atomic mass is 10.1. The summed E-state index contributed by atoms with van der Waals surface area (Å²) in [6, 6.07) is 0. The molecule has 128 valence electrons. The molecule has 0 amide bonds. The van der Waals surface area contributed by atoms with Crippen LogP contribution < -0.4 is 0 Å². The Morgan fingerprint density at radius 1 is 0.864 bits per heavy atom. The van der Waals surface area contributed by atoms with E-state index in [2.05, 4.69) is 6.08 Å². The largest absolute Gasteiger partial charge is 0.481 e. The predicted octanol–water partition coefficient (Wildman–Crippen LogP) is 3.83. The van der Waals surface area contributed by atoms with E-state index in [1.165, 1.54) is 0 Å². The fourth-order valence-electron chi connectivity index (χ4n) is 2.14. The molecular weight excluding hydrogens is 280 g/mol. The minimum Gasteiger partial charge on any atom is -0.481 e. The zero-order valence-corrected chi connectivity index (χ0v) is 13.8. The number of rotatable bonds is 14. The van der Waals surface area contributed by atoms with Crippen molar-refractivity contribution >= 4 is 5.97 Å². The monoisotopic (exact) mass is 312 g/mol. The maximum absolute atomic E-state index is 10.3. The molecule has 4 nitrogen and oxygen atoms in total. The van der Waals surface area contributed by atoms with Gasteiger partial charge in [0, 0.05) is 6.42 Å². The number of hydrogen-bond acceptors (Lipinski definition) is 3. The van der Waals surface area contributed by atoms with E-state index in [1.54, 1.807) is 0 Å². The van der Waals surface area contributed by atoms with Gasteiger partial charge in [0.25, 0.3) is 0 Å². The number of aliphatic hydroxyl groups excluding tert-OH is 2. The first-order chi connectivity index (χ1) is 10.6. The average molecular weight is 312 g/mol. The van der Waals surface area contributed by atoms with E-state index in [0.29, 0.717) is 12.8 Å². The summed E-state index contributed by atoms with van der Waals surface area (Å²) in [4.78, 5) is 10.3. The van der Waals surface area contributed by atoms with Gasteiger partial charge in [-0.15, -0.1) is 0 Å². The van der Waals surface area contributed by atoms with E-state index in [9.17, 15) is 15.0 Å². The highest BCUT2D eigenvalue weighted by Gasteiger charge is 2.12. The van der Waals surface area contributed by atoms with Gasteiger partial charge in [0.2, 0.25) is 0 Å². The Morgan fingerprint density at radius 3 is 2.00 bits per heavy atom. The Morgan fingerprint density at radius 2 is 1.41 bits per heavy atom. The number of carboxylic acids is 1. The van der Waals surface area contributed by atoms with E-state index < -0.39 is 18.2 Å². The van der Waals surface area contributed by atoms with Gasteiger partial charge in [-0.3, -0.25) is 4.79 Å². The van der Waals surface area contributed by atoms with Crippen LogP contribution in [-0.4, -0.2) is 33.5 Å². The van der Waals surface area contributed by atoms with Gasteiger partial charge in [0.15, 0.2) is 0 Å². The number of allylic oxidation sites excluding steroid dienone is 2. The zero-order chi connectivity index (χ0) is 16.6. The predicted molar refractivity (Wildman–Crippen MR) is 89.8 cm³/mol. The average Bonchev–Trinajstić information content (AvgIpc) is 2.48. The summed E-state index contributed by atoms with van der Waals surface area (Å²) in [5.41, 5.74) is 0. The summed E-state index contributed by atoms with van der Waals surface area (Å²) in [6.07, 6.45) is 14.7. The van der Waals surface area contributed by atoms with Crippen molar-refractivity contribution in [3.05, 3.63) is 24.3 Å². The molecule has 0 aliphatic carbocycles. The van der Waals surface area contributed by atoms with E-state index in [4.69, 9.17) is 5.11 Å². The molecule has 3 N–H and O–H groups in total. The van der Waals surface area contributed by atoms with Gasteiger partial charge in [0.1, 0.15) is 0 Å². The van der Waals surface area contributed by atoms with Crippen LogP contribution in [0.3, 0.4) is 0 Å². The molecule has 0 rings (SSSR count). The van der Waals surface area contributed by atoms with E-state index in [1.807, 2.05) is 25.2 Å². The standard InChI is InChI=1S/C18H32O4/c1-2-3-10-13-16(19)17(20)14-11-8-6-4-5-7-9-12-15-18(21)22/h3,8,10-11,16-17,19-20H,2,4-7,9,12-15H2,1H3,(H,21,22)/b10-3-,11-8-/t16-,17-/m0/s1. The normalized spacial score (nSPS) is 14.7. The van der Waals surface area contributed by atoms with Crippen LogP contribution in [-0.2, 0) is 4.79 Å². The number of carbonyl (C=O) groups is 1. The van der Waals surface area contributed by atoms with Crippen LogP contribution in [0.5, 0.6) is 0 Å². The van der Waals surface area contributed by atoms with Gasteiger partial charge in [-0.1, -0.05) is 50.5 Å². The second kappa shape index (κ2) is 14.8. The van der Waals surface area contributed by atoms with Crippen molar-refractivity contribution in [1.29, 1.82) is 0 Å². The lowest BCUT2D eigenvalue weighted by Crippen LogP contribution is -2.24. The van der Waals surface area contributed by atoms with Gasteiger partial charge in [-0.05, 0) is 38.5 Å². The summed E-state index contributed by atoms with van der Waals surface area (Å²) in [6.45, 7) is 2.04. The summed E-state index contributed by atoms with van der Waals surface area (Å²) in [5, 5.41) is 28.0. The SMILES string of the molecule is CC/C=C\C[C@H](O)[C@@H](O)C/C=C\CCCCCCCC(=O)O. The minimum atomic E-state index is -0.714. The Hall–Kier alpha value is -1.13. The summed E-state index contributed by atoms with van der Waals surface area (Å²) in [5.74, 6) is -0.714. The highest BCUT2D eigenvalue weighted by Crippen LogP contribution is 2.09. The van der Waals surface area contributed by atoms with Crippen LogP contribution in [0.25, 0.3) is 0 Å². The Balaban J connectivity index is 3.49. The van der Waals surface area contributed by atoms with Crippen molar-refractivity contribution in [2.24, 2.45) is 0 Å². The molecule has 0 aliphatic heterocycles. The third-order valence-corrected chi connectivity index (χ3v) is 3.53. The Bertz CT molecular complexity index is 323. The number of carboxylic acid groups (broad SMARTS) is 1. The summed E-state index contributed by atoms with van der Waals surface area (Å²) < 4.78 is 0. The number of aliphatic carboxylic acids is 1. The van der Waals surface area contributed by atoms with Crippen LogP contribution in [0, 0.1) is 0 Å². The molecule has 22 heavy (non-hydrogen) atoms. The van der Waals surface area contributed by atoms with Crippen molar-refractivity contribution in [2.75, 3.05) is 0 Å².